The lowest BCUT2D eigenvalue weighted by Crippen LogP contribution is -2.55. The van der Waals surface area contributed by atoms with Gasteiger partial charge in [-0.05, 0) is 24.3 Å². The molecule has 0 heterocycles. The Morgan fingerprint density at radius 1 is 0.882 bits per heavy atom. The Kier molecular flexibility index (Phi) is 2.82. The van der Waals surface area contributed by atoms with Gasteiger partial charge in [0.2, 0.25) is 0 Å². The highest BCUT2D eigenvalue weighted by atomic mass is 16.5. The van der Waals surface area contributed by atoms with Crippen LogP contribution in [0.4, 0.5) is 0 Å². The molecule has 0 saturated heterocycles. The summed E-state index contributed by atoms with van der Waals surface area (Å²) in [6.07, 6.45) is 11.5. The van der Waals surface area contributed by atoms with Crippen LogP contribution in [0.25, 0.3) is 0 Å². The molecule has 0 saturated carbocycles. The van der Waals surface area contributed by atoms with Crippen molar-refractivity contribution >= 4 is 0 Å². The van der Waals surface area contributed by atoms with Gasteiger partial charge in [0.05, 0.1) is 0 Å². The SMILES string of the molecule is NC1=CC=CC(N)(OC2(N)C=CC=C(N)C2)C1. The molecule has 2 atom stereocenters. The predicted molar refractivity (Wildman–Crippen MR) is 67.0 cm³/mol. The van der Waals surface area contributed by atoms with Crippen LogP contribution in [0.2, 0.25) is 0 Å². The molecule has 2 aliphatic rings. The Balaban J connectivity index is 2.12. The largest absolute Gasteiger partial charge is 0.402 e. The molecule has 0 spiro atoms. The van der Waals surface area contributed by atoms with Crippen molar-refractivity contribution in [2.45, 2.75) is 24.3 Å². The average Bonchev–Trinajstić information content (AvgIpc) is 2.14. The van der Waals surface area contributed by atoms with Gasteiger partial charge in [-0.15, -0.1) is 0 Å². The summed E-state index contributed by atoms with van der Waals surface area (Å²) in [6.45, 7) is 0. The molecule has 8 N–H and O–H groups in total. The third-order valence-corrected chi connectivity index (χ3v) is 2.72. The van der Waals surface area contributed by atoms with Gasteiger partial charge in [0.15, 0.2) is 0 Å². The van der Waals surface area contributed by atoms with Gasteiger partial charge in [0.1, 0.15) is 11.4 Å². The minimum Gasteiger partial charge on any atom is -0.402 e. The van der Waals surface area contributed by atoms with E-state index in [9.17, 15) is 0 Å². The van der Waals surface area contributed by atoms with Crippen molar-refractivity contribution in [2.75, 3.05) is 0 Å². The maximum Gasteiger partial charge on any atom is 0.144 e. The van der Waals surface area contributed by atoms with Crippen LogP contribution in [0.5, 0.6) is 0 Å². The molecule has 0 fully saturated rings. The number of nitrogens with two attached hydrogens (primary N) is 4. The first-order valence-electron chi connectivity index (χ1n) is 5.47. The molecule has 5 nitrogen and oxygen atoms in total. The second kappa shape index (κ2) is 4.03. The fourth-order valence-corrected chi connectivity index (χ4v) is 2.04. The summed E-state index contributed by atoms with van der Waals surface area (Å²) in [4.78, 5) is 0. The van der Waals surface area contributed by atoms with Crippen LogP contribution in [0.3, 0.4) is 0 Å². The highest BCUT2D eigenvalue weighted by Crippen LogP contribution is 2.28. The van der Waals surface area contributed by atoms with Gasteiger partial charge in [-0.3, -0.25) is 11.5 Å². The lowest BCUT2D eigenvalue weighted by atomic mass is 9.98. The van der Waals surface area contributed by atoms with Crippen molar-refractivity contribution < 1.29 is 4.74 Å². The molecule has 2 unspecified atom stereocenters. The Morgan fingerprint density at radius 3 is 1.65 bits per heavy atom. The minimum atomic E-state index is -0.977. The minimum absolute atomic E-state index is 0.417. The van der Waals surface area contributed by atoms with E-state index in [-0.39, 0.29) is 0 Å². The average molecular weight is 234 g/mol. The molecule has 2 aliphatic carbocycles. The standard InChI is InChI=1S/C12H18N4O/c13-9-3-1-5-11(15,7-9)17-12(16)6-2-4-10(14)8-12/h1-6H,7-8,13-16H2. The molecule has 0 aromatic heterocycles. The van der Waals surface area contributed by atoms with Gasteiger partial charge in [0.25, 0.3) is 0 Å². The Bertz CT molecular complexity index is 398. The molecule has 0 radical (unpaired) electrons. The topological polar surface area (TPSA) is 113 Å². The second-order valence-corrected chi connectivity index (χ2v) is 4.57. The lowest BCUT2D eigenvalue weighted by Gasteiger charge is -2.38. The summed E-state index contributed by atoms with van der Waals surface area (Å²) in [5.74, 6) is 0. The zero-order chi connectivity index (χ0) is 12.5. The van der Waals surface area contributed by atoms with Crippen molar-refractivity contribution in [1.29, 1.82) is 0 Å². The van der Waals surface area contributed by atoms with Gasteiger partial charge >= 0.3 is 0 Å². The Hall–Kier alpha value is -1.56. The fraction of sp³-hybridized carbons (Fsp3) is 0.333. The molecule has 0 aliphatic heterocycles. The van der Waals surface area contributed by atoms with Crippen molar-refractivity contribution in [2.24, 2.45) is 22.9 Å². The molecule has 2 rings (SSSR count). The fourth-order valence-electron chi connectivity index (χ4n) is 2.04. The van der Waals surface area contributed by atoms with Crippen LogP contribution in [-0.2, 0) is 4.74 Å². The second-order valence-electron chi connectivity index (χ2n) is 4.57. The van der Waals surface area contributed by atoms with Crippen molar-refractivity contribution in [3.63, 3.8) is 0 Å². The molecule has 5 heteroatoms. The van der Waals surface area contributed by atoms with Crippen LogP contribution in [0.15, 0.2) is 47.9 Å². The van der Waals surface area contributed by atoms with Gasteiger partial charge < -0.3 is 16.2 Å². The van der Waals surface area contributed by atoms with Gasteiger partial charge in [0, 0.05) is 24.2 Å². The Labute approximate surface area is 100 Å². The molecule has 92 valence electrons. The van der Waals surface area contributed by atoms with Crippen LogP contribution in [0.1, 0.15) is 12.8 Å². The summed E-state index contributed by atoms with van der Waals surface area (Å²) >= 11 is 0. The number of ether oxygens (including phenoxy) is 1. The first-order chi connectivity index (χ1) is 7.91. The third-order valence-electron chi connectivity index (χ3n) is 2.72. The third kappa shape index (κ3) is 2.76. The summed E-state index contributed by atoms with van der Waals surface area (Å²) < 4.78 is 5.79. The van der Waals surface area contributed by atoms with E-state index in [2.05, 4.69) is 0 Å². The molecule has 0 amide bonds. The van der Waals surface area contributed by atoms with E-state index >= 15 is 0 Å². The van der Waals surface area contributed by atoms with E-state index in [1.165, 1.54) is 0 Å². The highest BCUT2D eigenvalue weighted by molar-refractivity contribution is 5.26. The monoisotopic (exact) mass is 234 g/mol. The molecule has 0 aromatic rings. The number of rotatable bonds is 2. The van der Waals surface area contributed by atoms with Crippen LogP contribution >= 0.6 is 0 Å². The summed E-state index contributed by atoms with van der Waals surface area (Å²) in [5, 5.41) is 0. The predicted octanol–water partition coefficient (Wildman–Crippen LogP) is -0.0820. The van der Waals surface area contributed by atoms with E-state index in [4.69, 9.17) is 27.7 Å². The first kappa shape index (κ1) is 11.9. The van der Waals surface area contributed by atoms with Crippen LogP contribution in [0, 0.1) is 0 Å². The van der Waals surface area contributed by atoms with Crippen molar-refractivity contribution in [3.05, 3.63) is 47.9 Å². The van der Waals surface area contributed by atoms with Crippen LogP contribution in [-0.4, -0.2) is 11.4 Å². The quantitative estimate of drug-likeness (QED) is 0.499. The summed E-state index contributed by atoms with van der Waals surface area (Å²) in [6, 6.07) is 0. The van der Waals surface area contributed by atoms with E-state index in [0.29, 0.717) is 24.2 Å². The smallest absolute Gasteiger partial charge is 0.144 e. The molecular formula is C12H18N4O. The van der Waals surface area contributed by atoms with E-state index < -0.39 is 11.4 Å². The van der Waals surface area contributed by atoms with Gasteiger partial charge in [-0.1, -0.05) is 12.2 Å². The zero-order valence-corrected chi connectivity index (χ0v) is 9.60. The number of hydrogen-bond acceptors (Lipinski definition) is 5. The van der Waals surface area contributed by atoms with Crippen molar-refractivity contribution in [1.82, 2.24) is 0 Å². The summed E-state index contributed by atoms with van der Waals surface area (Å²) in [7, 11) is 0. The molecule has 17 heavy (non-hydrogen) atoms. The maximum absolute atomic E-state index is 6.11. The normalized spacial score (nSPS) is 36.6. The van der Waals surface area contributed by atoms with E-state index in [1.807, 2.05) is 0 Å². The number of hydrogen-bond donors (Lipinski definition) is 4. The van der Waals surface area contributed by atoms with Gasteiger partial charge in [-0.25, -0.2) is 0 Å². The van der Waals surface area contributed by atoms with E-state index in [0.717, 1.165) is 0 Å². The highest BCUT2D eigenvalue weighted by Gasteiger charge is 2.36. The number of allylic oxidation sites excluding steroid dienone is 4. The molecule has 0 bridgehead atoms. The van der Waals surface area contributed by atoms with Crippen molar-refractivity contribution in [3.8, 4) is 0 Å². The summed E-state index contributed by atoms with van der Waals surface area (Å²) in [5.41, 5.74) is 23.1. The molecule has 0 aromatic carbocycles. The first-order valence-corrected chi connectivity index (χ1v) is 5.47. The Morgan fingerprint density at radius 2 is 1.29 bits per heavy atom. The lowest BCUT2D eigenvalue weighted by molar-refractivity contribution is -0.103. The van der Waals surface area contributed by atoms with Gasteiger partial charge in [-0.2, -0.15) is 0 Å². The maximum atomic E-state index is 6.11. The van der Waals surface area contributed by atoms with E-state index in [1.54, 1.807) is 36.5 Å². The van der Waals surface area contributed by atoms with Crippen LogP contribution < -0.4 is 22.9 Å². The zero-order valence-electron chi connectivity index (χ0n) is 9.60. The molecular weight excluding hydrogens is 216 g/mol.